The molecule has 0 fully saturated rings. The minimum absolute atomic E-state index is 0.695. The Kier molecular flexibility index (Phi) is 4.31. The molecule has 2 aromatic rings. The normalized spacial score (nSPS) is 14.6. The zero-order chi connectivity index (χ0) is 14.0. The summed E-state index contributed by atoms with van der Waals surface area (Å²) in [5.74, 6) is 0. The van der Waals surface area contributed by atoms with Gasteiger partial charge in [0.2, 0.25) is 0 Å². The summed E-state index contributed by atoms with van der Waals surface area (Å²) in [7, 11) is 4.04. The Bertz CT molecular complexity index is 563. The van der Waals surface area contributed by atoms with Crippen LogP contribution in [0.15, 0.2) is 36.4 Å². The van der Waals surface area contributed by atoms with Gasteiger partial charge in [0.25, 0.3) is 0 Å². The number of aliphatic hydroxyl groups is 1. The molecule has 102 valence electrons. The van der Waals surface area contributed by atoms with Crippen LogP contribution < -0.4 is 0 Å². The van der Waals surface area contributed by atoms with E-state index in [2.05, 4.69) is 11.0 Å². The quantitative estimate of drug-likeness (QED) is 0.929. The van der Waals surface area contributed by atoms with Gasteiger partial charge in [0.05, 0.1) is 4.34 Å². The molecule has 4 heteroatoms. The molecule has 0 spiro atoms. The summed E-state index contributed by atoms with van der Waals surface area (Å²) in [5.41, 5.74) is 1.05. The van der Waals surface area contributed by atoms with Crippen LogP contribution in [0.3, 0.4) is 0 Å². The number of nitrogens with zero attached hydrogens (tertiary/aromatic N) is 1. The van der Waals surface area contributed by atoms with Gasteiger partial charge < -0.3 is 10.0 Å². The molecule has 1 heterocycles. The Balaban J connectivity index is 2.45. The maximum Gasteiger partial charge on any atom is 0.121 e. The van der Waals surface area contributed by atoms with Crippen molar-refractivity contribution in [3.8, 4) is 0 Å². The summed E-state index contributed by atoms with van der Waals surface area (Å²) in [6, 6.07) is 11.7. The number of rotatable bonds is 4. The molecule has 0 aliphatic heterocycles. The number of hydrogen-bond donors (Lipinski definition) is 1. The monoisotopic (exact) mass is 295 g/mol. The molecule has 0 bridgehead atoms. The molecule has 1 unspecified atom stereocenters. The summed E-state index contributed by atoms with van der Waals surface area (Å²) in [5, 5.41) is 10.9. The second-order valence-corrected chi connectivity index (χ2v) is 6.79. The van der Waals surface area contributed by atoms with Crippen LogP contribution >= 0.6 is 22.9 Å². The molecule has 19 heavy (non-hydrogen) atoms. The molecule has 2 rings (SSSR count). The average molecular weight is 296 g/mol. The minimum Gasteiger partial charge on any atom is -0.380 e. The zero-order valence-electron chi connectivity index (χ0n) is 11.4. The third-order valence-electron chi connectivity index (χ3n) is 3.08. The lowest BCUT2D eigenvalue weighted by atomic mass is 9.90. The molecule has 2 nitrogen and oxygen atoms in total. The lowest BCUT2D eigenvalue weighted by Crippen LogP contribution is -2.25. The van der Waals surface area contributed by atoms with Crippen molar-refractivity contribution in [1.29, 1.82) is 0 Å². The smallest absolute Gasteiger partial charge is 0.121 e. The van der Waals surface area contributed by atoms with E-state index in [9.17, 15) is 5.11 Å². The highest BCUT2D eigenvalue weighted by Gasteiger charge is 2.29. The van der Waals surface area contributed by atoms with Crippen LogP contribution in [0.2, 0.25) is 4.34 Å². The second kappa shape index (κ2) is 5.63. The Morgan fingerprint density at radius 2 is 1.89 bits per heavy atom. The van der Waals surface area contributed by atoms with E-state index in [0.29, 0.717) is 4.34 Å². The van der Waals surface area contributed by atoms with Gasteiger partial charge in [0, 0.05) is 11.4 Å². The van der Waals surface area contributed by atoms with E-state index in [-0.39, 0.29) is 0 Å². The zero-order valence-corrected chi connectivity index (χ0v) is 12.9. The molecular weight excluding hydrogens is 278 g/mol. The van der Waals surface area contributed by atoms with Gasteiger partial charge in [-0.25, -0.2) is 0 Å². The van der Waals surface area contributed by atoms with Gasteiger partial charge in [-0.05, 0) is 44.3 Å². The van der Waals surface area contributed by atoms with Crippen LogP contribution in [-0.4, -0.2) is 24.1 Å². The minimum atomic E-state index is -1.01. The predicted molar refractivity (Wildman–Crippen MR) is 81.8 cm³/mol. The highest BCUT2D eigenvalue weighted by molar-refractivity contribution is 7.16. The summed E-state index contributed by atoms with van der Waals surface area (Å²) in [6.45, 7) is 2.62. The van der Waals surface area contributed by atoms with Crippen molar-refractivity contribution in [2.45, 2.75) is 19.1 Å². The van der Waals surface area contributed by atoms with E-state index < -0.39 is 5.60 Å². The van der Waals surface area contributed by atoms with Crippen LogP contribution in [0.1, 0.15) is 22.9 Å². The Hall–Kier alpha value is -0.870. The van der Waals surface area contributed by atoms with Crippen molar-refractivity contribution in [1.82, 2.24) is 4.90 Å². The first-order valence-corrected chi connectivity index (χ1v) is 7.32. The number of hydrogen-bond acceptors (Lipinski definition) is 3. The summed E-state index contributed by atoms with van der Waals surface area (Å²) < 4.78 is 0.695. The van der Waals surface area contributed by atoms with Gasteiger partial charge in [-0.2, -0.15) is 0 Å². The molecule has 0 radical (unpaired) electrons. The van der Waals surface area contributed by atoms with Crippen molar-refractivity contribution in [2.24, 2.45) is 0 Å². The molecule has 1 atom stereocenters. The molecule has 1 N–H and O–H groups in total. The van der Waals surface area contributed by atoms with Gasteiger partial charge in [-0.15, -0.1) is 11.3 Å². The first kappa shape index (κ1) is 14.5. The van der Waals surface area contributed by atoms with Crippen LogP contribution in [0.4, 0.5) is 0 Å². The van der Waals surface area contributed by atoms with Crippen molar-refractivity contribution >= 4 is 22.9 Å². The number of halogens is 1. The van der Waals surface area contributed by atoms with E-state index in [1.807, 2.05) is 51.4 Å². The van der Waals surface area contributed by atoms with Crippen molar-refractivity contribution in [3.63, 3.8) is 0 Å². The first-order valence-electron chi connectivity index (χ1n) is 6.12. The standard InChI is InChI=1S/C15H18ClNOS/c1-15(18,13-8-9-14(16)19-13)12-7-5-4-6-11(12)10-17(2)3/h4-9,18H,10H2,1-3H3. The molecule has 0 saturated carbocycles. The highest BCUT2D eigenvalue weighted by atomic mass is 35.5. The summed E-state index contributed by atoms with van der Waals surface area (Å²) >= 11 is 7.40. The lowest BCUT2D eigenvalue weighted by Gasteiger charge is -2.26. The molecule has 0 amide bonds. The molecule has 0 saturated heterocycles. The first-order chi connectivity index (χ1) is 8.91. The highest BCUT2D eigenvalue weighted by Crippen LogP contribution is 2.37. The van der Waals surface area contributed by atoms with Crippen molar-refractivity contribution in [2.75, 3.05) is 14.1 Å². The Morgan fingerprint density at radius 1 is 1.21 bits per heavy atom. The topological polar surface area (TPSA) is 23.5 Å². The Labute approximate surface area is 123 Å². The van der Waals surface area contributed by atoms with E-state index in [0.717, 1.165) is 22.5 Å². The van der Waals surface area contributed by atoms with Crippen LogP contribution in [0.25, 0.3) is 0 Å². The van der Waals surface area contributed by atoms with E-state index in [4.69, 9.17) is 11.6 Å². The van der Waals surface area contributed by atoms with Gasteiger partial charge in [0.1, 0.15) is 5.60 Å². The van der Waals surface area contributed by atoms with Gasteiger partial charge >= 0.3 is 0 Å². The molecule has 1 aromatic heterocycles. The van der Waals surface area contributed by atoms with Gasteiger partial charge in [-0.1, -0.05) is 35.9 Å². The summed E-state index contributed by atoms with van der Waals surface area (Å²) in [6.07, 6.45) is 0. The summed E-state index contributed by atoms with van der Waals surface area (Å²) in [4.78, 5) is 2.96. The molecule has 1 aromatic carbocycles. The molecule has 0 aliphatic carbocycles. The average Bonchev–Trinajstić information content (AvgIpc) is 2.76. The molecular formula is C15H18ClNOS. The van der Waals surface area contributed by atoms with Crippen LogP contribution in [0.5, 0.6) is 0 Å². The fraction of sp³-hybridized carbons (Fsp3) is 0.333. The fourth-order valence-electron chi connectivity index (χ4n) is 2.18. The predicted octanol–water partition coefficient (Wildman–Crippen LogP) is 3.72. The van der Waals surface area contributed by atoms with Gasteiger partial charge in [0.15, 0.2) is 0 Å². The third kappa shape index (κ3) is 3.18. The van der Waals surface area contributed by atoms with Crippen LogP contribution in [-0.2, 0) is 12.1 Å². The maximum absolute atomic E-state index is 10.9. The largest absolute Gasteiger partial charge is 0.380 e. The van der Waals surface area contributed by atoms with E-state index in [1.54, 1.807) is 0 Å². The molecule has 0 aliphatic rings. The number of benzene rings is 1. The van der Waals surface area contributed by atoms with Gasteiger partial charge in [-0.3, -0.25) is 0 Å². The van der Waals surface area contributed by atoms with Crippen molar-refractivity contribution in [3.05, 3.63) is 56.7 Å². The third-order valence-corrected chi connectivity index (χ3v) is 4.52. The van der Waals surface area contributed by atoms with Crippen LogP contribution in [0, 0.1) is 0 Å². The second-order valence-electron chi connectivity index (χ2n) is 5.07. The SMILES string of the molecule is CN(C)Cc1ccccc1C(C)(O)c1ccc(Cl)s1. The van der Waals surface area contributed by atoms with E-state index in [1.165, 1.54) is 11.3 Å². The van der Waals surface area contributed by atoms with E-state index >= 15 is 0 Å². The van der Waals surface area contributed by atoms with Crippen molar-refractivity contribution < 1.29 is 5.11 Å². The Morgan fingerprint density at radius 3 is 2.47 bits per heavy atom. The lowest BCUT2D eigenvalue weighted by molar-refractivity contribution is 0.104. The maximum atomic E-state index is 10.9. The number of thiophene rings is 1. The fourth-order valence-corrected chi connectivity index (χ4v) is 3.29.